The predicted molar refractivity (Wildman–Crippen MR) is 162 cm³/mol. The Kier molecular flexibility index (Phi) is 8.17. The first-order chi connectivity index (χ1) is 20.2. The van der Waals surface area contributed by atoms with Crippen LogP contribution in [0, 0.1) is 0 Å². The van der Waals surface area contributed by atoms with Crippen LogP contribution in [0.4, 0.5) is 0 Å². The zero-order valence-electron chi connectivity index (χ0n) is 22.0. The Bertz CT molecular complexity index is 1830. The second kappa shape index (κ2) is 12.0. The number of rotatable bonds is 6. The first-order valence-electron chi connectivity index (χ1n) is 12.1. The quantitative estimate of drug-likeness (QED) is 0.239. The van der Waals surface area contributed by atoms with Crippen LogP contribution < -0.4 is 15.2 Å². The summed E-state index contributed by atoms with van der Waals surface area (Å²) in [6.07, 6.45) is 0. The van der Waals surface area contributed by atoms with Crippen molar-refractivity contribution in [3.8, 4) is 23.1 Å². The summed E-state index contributed by atoms with van der Waals surface area (Å²) in [5.41, 5.74) is 7.95. The van der Waals surface area contributed by atoms with E-state index in [4.69, 9.17) is 15.2 Å². The molecule has 0 atom stereocenters. The molecule has 6 aromatic rings. The fraction of sp³-hybridized carbons (Fsp3) is 0.0714. The van der Waals surface area contributed by atoms with E-state index in [0.717, 1.165) is 14.6 Å². The number of pyridine rings is 2. The van der Waals surface area contributed by atoms with Crippen molar-refractivity contribution < 1.29 is 24.2 Å². The number of carbonyl (C=O) groups is 2. The van der Waals surface area contributed by atoms with E-state index in [1.54, 1.807) is 28.9 Å². The lowest BCUT2D eigenvalue weighted by atomic mass is 10.2. The van der Waals surface area contributed by atoms with E-state index in [0.29, 0.717) is 39.5 Å². The number of ether oxygens (including phenoxy) is 2. The standard InChI is InChI=1S/C14H11BrN4O2.C14H10BrN3O3/c1-21-11-6-5-10-12(13(16)20)18-19(14(10)17-11)9-4-2-3-8(15)7-9;1-21-11-6-5-10-12(14(19)20)17-18(13(10)16-11)9-4-2-3-8(15)7-9/h2-7H,1H3,(H2,16,20);2-7H,1H3,(H,19,20). The van der Waals surface area contributed by atoms with Gasteiger partial charge in [0.25, 0.3) is 5.91 Å². The van der Waals surface area contributed by atoms with Gasteiger partial charge < -0.3 is 20.3 Å². The average molecular weight is 695 g/mol. The van der Waals surface area contributed by atoms with E-state index < -0.39 is 11.9 Å². The summed E-state index contributed by atoms with van der Waals surface area (Å²) in [4.78, 5) is 31.6. The molecule has 0 saturated carbocycles. The van der Waals surface area contributed by atoms with Crippen LogP contribution in [0.15, 0.2) is 81.7 Å². The van der Waals surface area contributed by atoms with Gasteiger partial charge in [0.15, 0.2) is 22.7 Å². The van der Waals surface area contributed by atoms with Gasteiger partial charge in [-0.1, -0.05) is 44.0 Å². The van der Waals surface area contributed by atoms with E-state index >= 15 is 0 Å². The summed E-state index contributed by atoms with van der Waals surface area (Å²) in [5, 5.41) is 18.8. The molecule has 12 nitrogen and oxygen atoms in total. The van der Waals surface area contributed by atoms with Crippen molar-refractivity contribution in [2.45, 2.75) is 0 Å². The first kappa shape index (κ1) is 28.7. The molecule has 4 aromatic heterocycles. The van der Waals surface area contributed by atoms with Crippen LogP contribution in [0.1, 0.15) is 21.0 Å². The maximum Gasteiger partial charge on any atom is 0.357 e. The minimum Gasteiger partial charge on any atom is -0.481 e. The van der Waals surface area contributed by atoms with Gasteiger partial charge in [-0.05, 0) is 48.5 Å². The van der Waals surface area contributed by atoms with Crippen LogP contribution in [0.2, 0.25) is 0 Å². The minimum absolute atomic E-state index is 0.0415. The molecule has 6 rings (SSSR count). The van der Waals surface area contributed by atoms with Crippen molar-refractivity contribution >= 4 is 65.8 Å². The number of carboxylic acid groups (broad SMARTS) is 1. The van der Waals surface area contributed by atoms with Crippen LogP contribution >= 0.6 is 31.9 Å². The summed E-state index contributed by atoms with van der Waals surface area (Å²) in [6.45, 7) is 0. The van der Waals surface area contributed by atoms with Crippen LogP contribution in [0.3, 0.4) is 0 Å². The van der Waals surface area contributed by atoms with Crippen molar-refractivity contribution in [3.05, 3.63) is 93.1 Å². The van der Waals surface area contributed by atoms with Gasteiger partial charge in [-0.15, -0.1) is 0 Å². The van der Waals surface area contributed by atoms with Gasteiger partial charge in [0.05, 0.1) is 36.4 Å². The molecule has 1 amide bonds. The van der Waals surface area contributed by atoms with Crippen molar-refractivity contribution in [3.63, 3.8) is 0 Å². The zero-order valence-corrected chi connectivity index (χ0v) is 25.2. The summed E-state index contributed by atoms with van der Waals surface area (Å²) < 4.78 is 15.1. The molecular formula is C28H21Br2N7O5. The third-order valence-electron chi connectivity index (χ3n) is 5.97. The van der Waals surface area contributed by atoms with Crippen molar-refractivity contribution in [2.24, 2.45) is 5.73 Å². The molecule has 14 heteroatoms. The Morgan fingerprint density at radius 1 is 0.738 bits per heavy atom. The molecule has 3 N–H and O–H groups in total. The number of carboxylic acids is 1. The number of nitrogens with zero attached hydrogens (tertiary/aromatic N) is 6. The van der Waals surface area contributed by atoms with E-state index in [1.807, 2.05) is 48.5 Å². The number of aromatic carboxylic acids is 1. The molecule has 42 heavy (non-hydrogen) atoms. The molecule has 0 fully saturated rings. The molecule has 0 bridgehead atoms. The summed E-state index contributed by atoms with van der Waals surface area (Å²) >= 11 is 6.79. The molecule has 0 spiro atoms. The molecule has 0 radical (unpaired) electrons. The van der Waals surface area contributed by atoms with Gasteiger partial charge in [0, 0.05) is 21.1 Å². The lowest BCUT2D eigenvalue weighted by Crippen LogP contribution is -2.12. The highest BCUT2D eigenvalue weighted by Crippen LogP contribution is 2.26. The number of hydrogen-bond acceptors (Lipinski definition) is 8. The Morgan fingerprint density at radius 3 is 1.60 bits per heavy atom. The number of amides is 1. The maximum atomic E-state index is 11.6. The number of hydrogen-bond donors (Lipinski definition) is 2. The largest absolute Gasteiger partial charge is 0.481 e. The third-order valence-corrected chi connectivity index (χ3v) is 6.96. The highest BCUT2D eigenvalue weighted by Gasteiger charge is 2.20. The minimum atomic E-state index is -1.10. The van der Waals surface area contributed by atoms with E-state index in [9.17, 15) is 14.7 Å². The van der Waals surface area contributed by atoms with Crippen molar-refractivity contribution in [1.82, 2.24) is 29.5 Å². The molecular weight excluding hydrogens is 674 g/mol. The monoisotopic (exact) mass is 693 g/mol. The van der Waals surface area contributed by atoms with Gasteiger partial charge in [-0.3, -0.25) is 4.79 Å². The molecule has 0 saturated heterocycles. The number of fused-ring (bicyclic) bond motifs is 2. The number of carbonyl (C=O) groups excluding carboxylic acids is 1. The fourth-order valence-electron chi connectivity index (χ4n) is 4.10. The Balaban J connectivity index is 0.000000168. The van der Waals surface area contributed by atoms with Gasteiger partial charge in [-0.2, -0.15) is 20.2 Å². The van der Waals surface area contributed by atoms with E-state index in [-0.39, 0.29) is 11.4 Å². The predicted octanol–water partition coefficient (Wildman–Crippen LogP) is 5.18. The van der Waals surface area contributed by atoms with Crippen LogP contribution in [-0.2, 0) is 0 Å². The van der Waals surface area contributed by atoms with Crippen LogP contribution in [0.25, 0.3) is 33.4 Å². The second-order valence-corrected chi connectivity index (χ2v) is 10.4. The second-order valence-electron chi connectivity index (χ2n) is 8.60. The van der Waals surface area contributed by atoms with Gasteiger partial charge in [0.2, 0.25) is 11.8 Å². The lowest BCUT2D eigenvalue weighted by molar-refractivity contribution is 0.0691. The molecule has 0 aliphatic carbocycles. The molecule has 4 heterocycles. The Labute approximate surface area is 255 Å². The number of benzene rings is 2. The maximum absolute atomic E-state index is 11.6. The zero-order chi connectivity index (χ0) is 30.0. The number of methoxy groups -OCH3 is 2. The summed E-state index contributed by atoms with van der Waals surface area (Å²) in [7, 11) is 3.04. The Morgan fingerprint density at radius 2 is 1.19 bits per heavy atom. The highest BCUT2D eigenvalue weighted by molar-refractivity contribution is 9.10. The fourth-order valence-corrected chi connectivity index (χ4v) is 4.87. The van der Waals surface area contributed by atoms with Gasteiger partial charge in [0.1, 0.15) is 0 Å². The Hall–Kier alpha value is -4.82. The molecule has 2 aromatic carbocycles. The summed E-state index contributed by atoms with van der Waals surface area (Å²) in [5.74, 6) is -0.855. The molecule has 212 valence electrons. The van der Waals surface area contributed by atoms with Gasteiger partial charge in [-0.25, -0.2) is 14.2 Å². The SMILES string of the molecule is COc1ccc2c(C(=O)O)nn(-c3cccc(Br)c3)c2n1.COc1ccc2c(C(N)=O)nn(-c3cccc(Br)c3)c2n1. The van der Waals surface area contributed by atoms with Crippen LogP contribution in [-0.4, -0.2) is 60.7 Å². The first-order valence-corrected chi connectivity index (χ1v) is 13.7. The lowest BCUT2D eigenvalue weighted by Gasteiger charge is -2.04. The number of halogens is 2. The normalized spacial score (nSPS) is 10.8. The smallest absolute Gasteiger partial charge is 0.357 e. The van der Waals surface area contributed by atoms with E-state index in [1.165, 1.54) is 18.9 Å². The van der Waals surface area contributed by atoms with Crippen molar-refractivity contribution in [1.29, 1.82) is 0 Å². The molecule has 0 aliphatic rings. The van der Waals surface area contributed by atoms with Crippen molar-refractivity contribution in [2.75, 3.05) is 14.2 Å². The number of primary amides is 1. The number of aromatic nitrogens is 6. The molecule has 0 unspecified atom stereocenters. The summed E-state index contributed by atoms with van der Waals surface area (Å²) in [6, 6.07) is 21.5. The topological polar surface area (TPSA) is 160 Å². The van der Waals surface area contributed by atoms with E-state index in [2.05, 4.69) is 52.0 Å². The van der Waals surface area contributed by atoms with Gasteiger partial charge >= 0.3 is 5.97 Å². The average Bonchev–Trinajstić information content (AvgIpc) is 3.56. The third kappa shape index (κ3) is 5.66. The molecule has 0 aliphatic heterocycles. The highest BCUT2D eigenvalue weighted by atomic mass is 79.9. The number of nitrogens with two attached hydrogens (primary N) is 1. The van der Waals surface area contributed by atoms with Crippen LogP contribution in [0.5, 0.6) is 11.8 Å².